The van der Waals surface area contributed by atoms with Crippen LogP contribution in [-0.4, -0.2) is 15.1 Å². The fourth-order valence-corrected chi connectivity index (χ4v) is 1.91. The Bertz CT molecular complexity index is 759. The quantitative estimate of drug-likeness (QED) is 0.762. The van der Waals surface area contributed by atoms with Crippen molar-refractivity contribution in [1.82, 2.24) is 9.97 Å². The minimum absolute atomic E-state index is 0.114. The van der Waals surface area contributed by atoms with Gasteiger partial charge in [-0.1, -0.05) is 30.3 Å². The number of nitrogens with two attached hydrogens (primary N) is 1. The van der Waals surface area contributed by atoms with Gasteiger partial charge in [-0.2, -0.15) is 0 Å². The van der Waals surface area contributed by atoms with Gasteiger partial charge < -0.3 is 15.6 Å². The normalized spacial score (nSPS) is 10.7. The molecule has 0 atom stereocenters. The number of fused-ring (bicyclic) bond motifs is 1. The molecule has 20 heavy (non-hydrogen) atoms. The van der Waals surface area contributed by atoms with E-state index >= 15 is 0 Å². The molecule has 0 saturated carbocycles. The highest BCUT2D eigenvalue weighted by Gasteiger charge is 2.10. The Kier molecular flexibility index (Phi) is 3.18. The van der Waals surface area contributed by atoms with Crippen LogP contribution in [0.3, 0.4) is 0 Å². The van der Waals surface area contributed by atoms with Gasteiger partial charge >= 0.3 is 0 Å². The summed E-state index contributed by atoms with van der Waals surface area (Å²) in [6.45, 7) is -0.114. The number of nitrogens with zero attached hydrogens (tertiary/aromatic N) is 2. The molecule has 5 heteroatoms. The van der Waals surface area contributed by atoms with Crippen LogP contribution < -0.4 is 10.5 Å². The molecule has 1 heterocycles. The number of ether oxygens (including phenoxy) is 1. The van der Waals surface area contributed by atoms with Gasteiger partial charge in [0.05, 0.1) is 17.6 Å². The van der Waals surface area contributed by atoms with E-state index in [-0.39, 0.29) is 18.3 Å². The Morgan fingerprint density at radius 2 is 1.60 bits per heavy atom. The number of aliphatic hydroxyl groups excluding tert-OH is 1. The molecule has 5 nitrogen and oxygen atoms in total. The topological polar surface area (TPSA) is 81.3 Å². The van der Waals surface area contributed by atoms with E-state index in [1.807, 2.05) is 36.4 Å². The van der Waals surface area contributed by atoms with Crippen molar-refractivity contribution in [2.24, 2.45) is 0 Å². The second kappa shape index (κ2) is 5.14. The van der Waals surface area contributed by atoms with E-state index < -0.39 is 0 Å². The van der Waals surface area contributed by atoms with Crippen LogP contribution in [0.5, 0.6) is 11.6 Å². The number of hydrogen-bond donors (Lipinski definition) is 2. The van der Waals surface area contributed by atoms with Crippen LogP contribution in [-0.2, 0) is 6.61 Å². The third-order valence-corrected chi connectivity index (χ3v) is 2.91. The molecule has 100 valence electrons. The summed E-state index contributed by atoms with van der Waals surface area (Å²) in [5.74, 6) is 0.979. The van der Waals surface area contributed by atoms with Crippen LogP contribution in [0.15, 0.2) is 48.5 Å². The fraction of sp³-hybridized carbons (Fsp3) is 0.0667. The number of benzene rings is 2. The van der Waals surface area contributed by atoms with Crippen LogP contribution in [0.4, 0.5) is 5.82 Å². The molecule has 0 fully saturated rings. The molecule has 2 aromatic carbocycles. The van der Waals surface area contributed by atoms with E-state index in [0.717, 1.165) is 0 Å². The lowest BCUT2D eigenvalue weighted by Gasteiger charge is -2.10. The molecule has 1 aromatic heterocycles. The van der Waals surface area contributed by atoms with Crippen LogP contribution in [0.1, 0.15) is 5.56 Å². The monoisotopic (exact) mass is 267 g/mol. The summed E-state index contributed by atoms with van der Waals surface area (Å²) in [5, 5.41) is 9.29. The maximum Gasteiger partial charge on any atom is 0.263 e. The lowest BCUT2D eigenvalue weighted by Crippen LogP contribution is -2.00. The van der Waals surface area contributed by atoms with E-state index in [1.165, 1.54) is 0 Å². The SMILES string of the molecule is Nc1nc2ccccc2nc1Oc1ccccc1CO. The molecule has 0 bridgehead atoms. The lowest BCUT2D eigenvalue weighted by atomic mass is 10.2. The van der Waals surface area contributed by atoms with E-state index in [4.69, 9.17) is 10.5 Å². The van der Waals surface area contributed by atoms with Crippen LogP contribution in [0.2, 0.25) is 0 Å². The maximum absolute atomic E-state index is 9.29. The Hall–Kier alpha value is -2.66. The number of rotatable bonds is 3. The van der Waals surface area contributed by atoms with Gasteiger partial charge in [-0.05, 0) is 18.2 Å². The van der Waals surface area contributed by atoms with Crippen LogP contribution >= 0.6 is 0 Å². The van der Waals surface area contributed by atoms with Crippen molar-refractivity contribution >= 4 is 16.9 Å². The summed E-state index contributed by atoms with van der Waals surface area (Å²) in [5.41, 5.74) is 7.96. The van der Waals surface area contributed by atoms with Crippen molar-refractivity contribution in [1.29, 1.82) is 0 Å². The third kappa shape index (κ3) is 2.26. The average Bonchev–Trinajstić information content (AvgIpc) is 2.48. The highest BCUT2D eigenvalue weighted by molar-refractivity contribution is 5.76. The van der Waals surface area contributed by atoms with Crippen molar-refractivity contribution in [3.63, 3.8) is 0 Å². The molecule has 0 aliphatic heterocycles. The molecule has 0 amide bonds. The summed E-state index contributed by atoms with van der Waals surface area (Å²) in [4.78, 5) is 8.61. The van der Waals surface area contributed by atoms with Crippen molar-refractivity contribution in [2.45, 2.75) is 6.61 Å². The molecule has 0 unspecified atom stereocenters. The van der Waals surface area contributed by atoms with Gasteiger partial charge in [0.25, 0.3) is 5.88 Å². The molecule has 0 saturated heterocycles. The van der Waals surface area contributed by atoms with Gasteiger partial charge in [-0.15, -0.1) is 0 Å². The highest BCUT2D eigenvalue weighted by Crippen LogP contribution is 2.28. The first-order valence-corrected chi connectivity index (χ1v) is 6.17. The highest BCUT2D eigenvalue weighted by atomic mass is 16.5. The van der Waals surface area contributed by atoms with E-state index in [0.29, 0.717) is 22.3 Å². The first kappa shape index (κ1) is 12.4. The second-order valence-electron chi connectivity index (χ2n) is 4.27. The first-order valence-electron chi connectivity index (χ1n) is 6.17. The van der Waals surface area contributed by atoms with Gasteiger partial charge in [0.2, 0.25) is 0 Å². The minimum atomic E-state index is -0.114. The summed E-state index contributed by atoms with van der Waals surface area (Å²) in [6.07, 6.45) is 0. The van der Waals surface area contributed by atoms with E-state index in [2.05, 4.69) is 9.97 Å². The molecular formula is C15H13N3O2. The van der Waals surface area contributed by atoms with Crippen molar-refractivity contribution in [3.05, 3.63) is 54.1 Å². The van der Waals surface area contributed by atoms with Gasteiger partial charge in [0.15, 0.2) is 5.82 Å². The number of para-hydroxylation sites is 3. The largest absolute Gasteiger partial charge is 0.436 e. The predicted octanol–water partition coefficient (Wildman–Crippen LogP) is 2.50. The van der Waals surface area contributed by atoms with Crippen molar-refractivity contribution in [3.8, 4) is 11.6 Å². The maximum atomic E-state index is 9.29. The number of nitrogen functional groups attached to an aromatic ring is 1. The molecule has 0 spiro atoms. The summed E-state index contributed by atoms with van der Waals surface area (Å²) in [6, 6.07) is 14.6. The molecule has 3 rings (SSSR count). The van der Waals surface area contributed by atoms with Crippen molar-refractivity contribution in [2.75, 3.05) is 5.73 Å². The zero-order chi connectivity index (χ0) is 13.9. The third-order valence-electron chi connectivity index (χ3n) is 2.91. The zero-order valence-electron chi connectivity index (χ0n) is 10.7. The second-order valence-corrected chi connectivity index (χ2v) is 4.27. The van der Waals surface area contributed by atoms with E-state index in [1.54, 1.807) is 12.1 Å². The lowest BCUT2D eigenvalue weighted by molar-refractivity contribution is 0.276. The standard InChI is InChI=1S/C15H13N3O2/c16-14-15(18-12-7-3-2-6-11(12)17-14)20-13-8-4-1-5-10(13)9-19/h1-8,19H,9H2,(H2,16,17). The van der Waals surface area contributed by atoms with Gasteiger partial charge in [0.1, 0.15) is 5.75 Å². The van der Waals surface area contributed by atoms with Gasteiger partial charge in [0, 0.05) is 5.56 Å². The van der Waals surface area contributed by atoms with Gasteiger partial charge in [-0.3, -0.25) is 0 Å². The summed E-state index contributed by atoms with van der Waals surface area (Å²) < 4.78 is 5.68. The molecule has 0 aliphatic rings. The Morgan fingerprint density at radius 1 is 0.950 bits per heavy atom. The van der Waals surface area contributed by atoms with Gasteiger partial charge in [-0.25, -0.2) is 9.97 Å². The smallest absolute Gasteiger partial charge is 0.263 e. The Balaban J connectivity index is 2.04. The number of anilines is 1. The summed E-state index contributed by atoms with van der Waals surface area (Å²) >= 11 is 0. The van der Waals surface area contributed by atoms with Crippen LogP contribution in [0.25, 0.3) is 11.0 Å². The number of aromatic nitrogens is 2. The number of aliphatic hydroxyl groups is 1. The average molecular weight is 267 g/mol. The predicted molar refractivity (Wildman–Crippen MR) is 76.4 cm³/mol. The van der Waals surface area contributed by atoms with E-state index in [9.17, 15) is 5.11 Å². The number of hydrogen-bond acceptors (Lipinski definition) is 5. The molecule has 3 aromatic rings. The van der Waals surface area contributed by atoms with Crippen molar-refractivity contribution < 1.29 is 9.84 Å². The zero-order valence-corrected chi connectivity index (χ0v) is 10.7. The molecule has 0 aliphatic carbocycles. The Morgan fingerprint density at radius 3 is 2.35 bits per heavy atom. The first-order chi connectivity index (χ1) is 9.78. The minimum Gasteiger partial charge on any atom is -0.436 e. The van der Waals surface area contributed by atoms with Crippen LogP contribution in [0, 0.1) is 0 Å². The molecule has 0 radical (unpaired) electrons. The molecular weight excluding hydrogens is 254 g/mol. The fourth-order valence-electron chi connectivity index (χ4n) is 1.91. The Labute approximate surface area is 115 Å². The molecule has 3 N–H and O–H groups in total. The summed E-state index contributed by atoms with van der Waals surface area (Å²) in [7, 11) is 0.